The monoisotopic (exact) mass is 356 g/mol. The second-order valence-electron chi connectivity index (χ2n) is 3.95. The summed E-state index contributed by atoms with van der Waals surface area (Å²) < 4.78 is 69.5. The lowest BCUT2D eigenvalue weighted by Gasteiger charge is -2.08. The van der Waals surface area contributed by atoms with Crippen molar-refractivity contribution in [2.75, 3.05) is 6.61 Å². The molecule has 0 atom stereocenters. The lowest BCUT2D eigenvalue weighted by atomic mass is 10.2. The minimum atomic E-state index is -4.79. The molecule has 0 aliphatic carbocycles. The molecular weight excluding hydrogens is 349 g/mol. The summed E-state index contributed by atoms with van der Waals surface area (Å²) in [6.07, 6.45) is -4.79. The fraction of sp³-hybridized carbons (Fsp3) is 0.273. The first-order chi connectivity index (χ1) is 10.1. The third kappa shape index (κ3) is 3.50. The van der Waals surface area contributed by atoms with Crippen LogP contribution in [0.3, 0.4) is 0 Å². The SMILES string of the molecule is CCOc1ccc(-c2noc(C(F)(F)F)n2)cc1S(=O)(=O)Cl. The first-order valence-corrected chi connectivity index (χ1v) is 8.06. The van der Waals surface area contributed by atoms with Gasteiger partial charge in [-0.1, -0.05) is 5.16 Å². The second kappa shape index (κ2) is 5.76. The fourth-order valence-corrected chi connectivity index (χ4v) is 2.57. The summed E-state index contributed by atoms with van der Waals surface area (Å²) in [6.45, 7) is 1.81. The second-order valence-corrected chi connectivity index (χ2v) is 6.49. The van der Waals surface area contributed by atoms with Crippen LogP contribution in [0.5, 0.6) is 5.75 Å². The average Bonchev–Trinajstić information content (AvgIpc) is 2.87. The Morgan fingerprint density at radius 3 is 2.55 bits per heavy atom. The molecule has 0 saturated carbocycles. The van der Waals surface area contributed by atoms with Gasteiger partial charge >= 0.3 is 12.1 Å². The van der Waals surface area contributed by atoms with Gasteiger partial charge in [0.1, 0.15) is 10.6 Å². The molecule has 120 valence electrons. The van der Waals surface area contributed by atoms with Crippen LogP contribution in [-0.2, 0) is 15.2 Å². The number of alkyl halides is 3. The van der Waals surface area contributed by atoms with E-state index < -0.39 is 31.8 Å². The zero-order valence-corrected chi connectivity index (χ0v) is 12.5. The van der Waals surface area contributed by atoms with Gasteiger partial charge in [0.05, 0.1) is 6.61 Å². The predicted octanol–water partition coefficient (Wildman–Crippen LogP) is 3.08. The van der Waals surface area contributed by atoms with Crippen molar-refractivity contribution in [2.45, 2.75) is 18.0 Å². The van der Waals surface area contributed by atoms with Crippen LogP contribution in [0.4, 0.5) is 13.2 Å². The molecule has 0 aliphatic rings. The first-order valence-electron chi connectivity index (χ1n) is 5.75. The maximum atomic E-state index is 12.4. The lowest BCUT2D eigenvalue weighted by Crippen LogP contribution is -2.05. The van der Waals surface area contributed by atoms with Gasteiger partial charge < -0.3 is 9.26 Å². The Balaban J connectivity index is 2.51. The molecule has 0 radical (unpaired) electrons. The van der Waals surface area contributed by atoms with Gasteiger partial charge in [-0.25, -0.2) is 8.42 Å². The van der Waals surface area contributed by atoms with Gasteiger partial charge in [0, 0.05) is 16.2 Å². The molecule has 1 aromatic heterocycles. The minimum Gasteiger partial charge on any atom is -0.492 e. The maximum absolute atomic E-state index is 12.4. The van der Waals surface area contributed by atoms with Gasteiger partial charge in [-0.2, -0.15) is 18.2 Å². The molecule has 0 saturated heterocycles. The van der Waals surface area contributed by atoms with E-state index in [1.54, 1.807) is 6.92 Å². The molecule has 0 unspecified atom stereocenters. The quantitative estimate of drug-likeness (QED) is 0.783. The third-order valence-electron chi connectivity index (χ3n) is 2.43. The lowest BCUT2D eigenvalue weighted by molar-refractivity contribution is -0.159. The summed E-state index contributed by atoms with van der Waals surface area (Å²) in [5.41, 5.74) is -0.0121. The highest BCUT2D eigenvalue weighted by Gasteiger charge is 2.38. The topological polar surface area (TPSA) is 82.3 Å². The number of hydrogen-bond acceptors (Lipinski definition) is 6. The predicted molar refractivity (Wildman–Crippen MR) is 68.9 cm³/mol. The highest BCUT2D eigenvalue weighted by Crippen LogP contribution is 2.33. The summed E-state index contributed by atoms with van der Waals surface area (Å²) in [4.78, 5) is 2.77. The van der Waals surface area contributed by atoms with Crippen LogP contribution in [0.2, 0.25) is 0 Å². The summed E-state index contributed by atoms with van der Waals surface area (Å²) in [6, 6.07) is 3.55. The molecule has 1 heterocycles. The van der Waals surface area contributed by atoms with Crippen molar-refractivity contribution >= 4 is 19.7 Å². The molecule has 1 aromatic carbocycles. The Kier molecular flexibility index (Phi) is 4.34. The summed E-state index contributed by atoms with van der Waals surface area (Å²) >= 11 is 0. The van der Waals surface area contributed by atoms with Crippen molar-refractivity contribution in [1.29, 1.82) is 0 Å². The number of aromatic nitrogens is 2. The van der Waals surface area contributed by atoms with E-state index in [1.165, 1.54) is 12.1 Å². The van der Waals surface area contributed by atoms with E-state index in [0.29, 0.717) is 0 Å². The molecule has 0 aliphatic heterocycles. The van der Waals surface area contributed by atoms with Crippen molar-refractivity contribution in [3.63, 3.8) is 0 Å². The Hall–Kier alpha value is -1.81. The molecule has 11 heteroatoms. The summed E-state index contributed by atoms with van der Waals surface area (Å²) in [5.74, 6) is -1.98. The molecule has 6 nitrogen and oxygen atoms in total. The zero-order valence-electron chi connectivity index (χ0n) is 10.9. The van der Waals surface area contributed by atoms with Crippen LogP contribution >= 0.6 is 10.7 Å². The maximum Gasteiger partial charge on any atom is 0.471 e. The molecule has 0 spiro atoms. The Morgan fingerprint density at radius 2 is 2.05 bits per heavy atom. The number of ether oxygens (including phenoxy) is 1. The van der Waals surface area contributed by atoms with E-state index in [4.69, 9.17) is 15.4 Å². The van der Waals surface area contributed by atoms with Gasteiger partial charge in [-0.15, -0.1) is 0 Å². The zero-order chi connectivity index (χ0) is 16.5. The minimum absolute atomic E-state index is 0.0121. The van der Waals surface area contributed by atoms with E-state index >= 15 is 0 Å². The van der Waals surface area contributed by atoms with Crippen LogP contribution in [0, 0.1) is 0 Å². The third-order valence-corrected chi connectivity index (χ3v) is 3.78. The number of benzene rings is 1. The van der Waals surface area contributed by atoms with Crippen LogP contribution in [-0.4, -0.2) is 25.2 Å². The van der Waals surface area contributed by atoms with E-state index in [0.717, 1.165) is 6.07 Å². The van der Waals surface area contributed by atoms with Crippen LogP contribution in [0.15, 0.2) is 27.6 Å². The van der Waals surface area contributed by atoms with E-state index in [9.17, 15) is 21.6 Å². The van der Waals surface area contributed by atoms with Crippen molar-refractivity contribution < 1.29 is 30.8 Å². The normalized spacial score (nSPS) is 12.4. The highest BCUT2D eigenvalue weighted by atomic mass is 35.7. The number of hydrogen-bond donors (Lipinski definition) is 0. The van der Waals surface area contributed by atoms with Gasteiger partial charge in [-0.3, -0.25) is 0 Å². The molecule has 0 bridgehead atoms. The summed E-state index contributed by atoms with van der Waals surface area (Å²) in [7, 11) is 1.12. The average molecular weight is 357 g/mol. The van der Waals surface area contributed by atoms with Gasteiger partial charge in [-0.05, 0) is 25.1 Å². The highest BCUT2D eigenvalue weighted by molar-refractivity contribution is 8.13. The summed E-state index contributed by atoms with van der Waals surface area (Å²) in [5, 5.41) is 3.17. The Labute approximate surface area is 127 Å². The van der Waals surface area contributed by atoms with Gasteiger partial charge in [0.2, 0.25) is 5.82 Å². The number of nitrogens with zero attached hydrogens (tertiary/aromatic N) is 2. The van der Waals surface area contributed by atoms with Crippen molar-refractivity contribution in [1.82, 2.24) is 10.1 Å². The van der Waals surface area contributed by atoms with E-state index in [1.807, 2.05) is 0 Å². The number of halogens is 4. The van der Waals surface area contributed by atoms with Crippen LogP contribution < -0.4 is 4.74 Å². The van der Waals surface area contributed by atoms with Crippen molar-refractivity contribution in [3.05, 3.63) is 24.1 Å². The molecule has 2 rings (SSSR count). The molecule has 22 heavy (non-hydrogen) atoms. The van der Waals surface area contributed by atoms with E-state index in [-0.39, 0.29) is 17.9 Å². The molecule has 0 amide bonds. The van der Waals surface area contributed by atoms with Gasteiger partial charge in [0.15, 0.2) is 0 Å². The van der Waals surface area contributed by atoms with E-state index in [2.05, 4.69) is 14.7 Å². The first kappa shape index (κ1) is 16.6. The standard InChI is InChI=1S/C11H8ClF3N2O4S/c1-2-20-7-4-3-6(5-8(7)22(12,18)19)9-16-10(21-17-9)11(13,14)15/h3-5H,2H2,1H3. The molecule has 0 fully saturated rings. The van der Waals surface area contributed by atoms with Crippen molar-refractivity contribution in [3.8, 4) is 17.1 Å². The van der Waals surface area contributed by atoms with Crippen molar-refractivity contribution in [2.24, 2.45) is 0 Å². The van der Waals surface area contributed by atoms with Crippen LogP contribution in [0.1, 0.15) is 12.8 Å². The molecule has 0 N–H and O–H groups in total. The number of rotatable bonds is 4. The Morgan fingerprint density at radius 1 is 1.36 bits per heavy atom. The fourth-order valence-electron chi connectivity index (χ4n) is 1.57. The Bertz CT molecular complexity index is 789. The van der Waals surface area contributed by atoms with Gasteiger partial charge in [0.25, 0.3) is 9.05 Å². The smallest absolute Gasteiger partial charge is 0.471 e. The largest absolute Gasteiger partial charge is 0.492 e. The molecule has 2 aromatic rings. The molecular formula is C11H8ClF3N2O4S. The van der Waals surface area contributed by atoms with Crippen LogP contribution in [0.25, 0.3) is 11.4 Å².